The van der Waals surface area contributed by atoms with Gasteiger partial charge < -0.3 is 16.2 Å². The summed E-state index contributed by atoms with van der Waals surface area (Å²) in [6.07, 6.45) is 4.54. The summed E-state index contributed by atoms with van der Waals surface area (Å²) in [4.78, 5) is 0. The van der Waals surface area contributed by atoms with Gasteiger partial charge >= 0.3 is 0 Å². The Kier molecular flexibility index (Phi) is 3.80. The fraction of sp³-hybridized carbons (Fsp3) is 0.538. The van der Waals surface area contributed by atoms with E-state index in [0.717, 1.165) is 5.69 Å². The molecule has 1 aromatic rings. The van der Waals surface area contributed by atoms with Crippen molar-refractivity contribution in [3.05, 3.63) is 29.3 Å². The van der Waals surface area contributed by atoms with Crippen molar-refractivity contribution >= 4 is 5.69 Å². The summed E-state index contributed by atoms with van der Waals surface area (Å²) < 4.78 is 0. The Labute approximate surface area is 96.7 Å². The van der Waals surface area contributed by atoms with Crippen LogP contribution in [0.15, 0.2) is 18.2 Å². The summed E-state index contributed by atoms with van der Waals surface area (Å²) in [6.45, 7) is 0.827. The van der Waals surface area contributed by atoms with Crippen molar-refractivity contribution in [1.29, 1.82) is 0 Å². The summed E-state index contributed by atoms with van der Waals surface area (Å²) in [5, 5.41) is 12.6. The predicted octanol–water partition coefficient (Wildman–Crippen LogP) is 1.30. The topological polar surface area (TPSA) is 58.3 Å². The van der Waals surface area contributed by atoms with E-state index in [0.29, 0.717) is 13.1 Å². The molecule has 0 heterocycles. The lowest BCUT2D eigenvalue weighted by Gasteiger charge is -2.17. The Balaban J connectivity index is 2.00. The number of aliphatic hydroxyl groups is 1. The molecule has 0 saturated heterocycles. The standard InChI is InChI=1S/C13H20N2O/c14-8-13(16)9-15-12-6-5-10-3-1-2-4-11(10)7-12/h5-7,13,15-16H,1-4,8-9,14H2. The van der Waals surface area contributed by atoms with Crippen LogP contribution in [0.2, 0.25) is 0 Å². The molecule has 0 aliphatic heterocycles. The SMILES string of the molecule is NCC(O)CNc1ccc2c(c1)CCCC2. The maximum absolute atomic E-state index is 9.37. The van der Waals surface area contributed by atoms with Crippen molar-refractivity contribution < 1.29 is 5.11 Å². The average Bonchev–Trinajstić information content (AvgIpc) is 2.35. The van der Waals surface area contributed by atoms with E-state index in [-0.39, 0.29) is 0 Å². The lowest BCUT2D eigenvalue weighted by atomic mass is 9.91. The summed E-state index contributed by atoms with van der Waals surface area (Å²) in [7, 11) is 0. The Hall–Kier alpha value is -1.06. The highest BCUT2D eigenvalue weighted by Gasteiger charge is 2.09. The van der Waals surface area contributed by atoms with E-state index in [1.807, 2.05) is 0 Å². The van der Waals surface area contributed by atoms with Crippen LogP contribution in [-0.2, 0) is 12.8 Å². The molecule has 3 heteroatoms. The van der Waals surface area contributed by atoms with Crippen LogP contribution in [0.5, 0.6) is 0 Å². The highest BCUT2D eigenvalue weighted by Crippen LogP contribution is 2.24. The fourth-order valence-corrected chi connectivity index (χ4v) is 2.16. The number of aliphatic hydroxyl groups excluding tert-OH is 1. The molecule has 1 atom stereocenters. The molecule has 4 N–H and O–H groups in total. The molecule has 0 radical (unpaired) electrons. The Morgan fingerprint density at radius 2 is 2.00 bits per heavy atom. The van der Waals surface area contributed by atoms with Crippen LogP contribution in [0.3, 0.4) is 0 Å². The van der Waals surface area contributed by atoms with E-state index in [2.05, 4.69) is 23.5 Å². The molecule has 16 heavy (non-hydrogen) atoms. The lowest BCUT2D eigenvalue weighted by Crippen LogP contribution is -2.27. The van der Waals surface area contributed by atoms with E-state index in [1.54, 1.807) is 0 Å². The van der Waals surface area contributed by atoms with Crippen molar-refractivity contribution in [1.82, 2.24) is 0 Å². The minimum atomic E-state index is -0.462. The van der Waals surface area contributed by atoms with Gasteiger partial charge in [0.1, 0.15) is 0 Å². The van der Waals surface area contributed by atoms with Crippen LogP contribution in [0, 0.1) is 0 Å². The van der Waals surface area contributed by atoms with E-state index >= 15 is 0 Å². The summed E-state index contributed by atoms with van der Waals surface area (Å²) in [6, 6.07) is 6.50. The van der Waals surface area contributed by atoms with Gasteiger partial charge in [0.15, 0.2) is 0 Å². The predicted molar refractivity (Wildman–Crippen MR) is 66.6 cm³/mol. The van der Waals surface area contributed by atoms with Crippen molar-refractivity contribution in [2.75, 3.05) is 18.4 Å². The van der Waals surface area contributed by atoms with Gasteiger partial charge in [0.05, 0.1) is 6.10 Å². The molecular weight excluding hydrogens is 200 g/mol. The average molecular weight is 220 g/mol. The van der Waals surface area contributed by atoms with Crippen molar-refractivity contribution in [3.8, 4) is 0 Å². The maximum atomic E-state index is 9.37. The summed E-state index contributed by atoms with van der Waals surface area (Å²) in [5.41, 5.74) is 9.39. The minimum Gasteiger partial charge on any atom is -0.390 e. The quantitative estimate of drug-likeness (QED) is 0.717. The zero-order chi connectivity index (χ0) is 11.4. The number of nitrogens with one attached hydrogen (secondary N) is 1. The molecule has 0 saturated carbocycles. The van der Waals surface area contributed by atoms with Gasteiger partial charge in [0, 0.05) is 18.8 Å². The molecule has 0 spiro atoms. The third kappa shape index (κ3) is 2.74. The Morgan fingerprint density at radius 3 is 2.75 bits per heavy atom. The van der Waals surface area contributed by atoms with Crippen LogP contribution >= 0.6 is 0 Å². The molecule has 1 aliphatic carbocycles. The number of anilines is 1. The van der Waals surface area contributed by atoms with Gasteiger partial charge in [-0.25, -0.2) is 0 Å². The largest absolute Gasteiger partial charge is 0.390 e. The molecule has 1 unspecified atom stereocenters. The molecule has 88 valence electrons. The number of hydrogen-bond acceptors (Lipinski definition) is 3. The first-order chi connectivity index (χ1) is 7.79. The monoisotopic (exact) mass is 220 g/mol. The van der Waals surface area contributed by atoms with Gasteiger partial charge in [-0.15, -0.1) is 0 Å². The number of benzene rings is 1. The van der Waals surface area contributed by atoms with Gasteiger partial charge in [-0.2, -0.15) is 0 Å². The second-order valence-corrected chi connectivity index (χ2v) is 4.46. The summed E-state index contributed by atoms with van der Waals surface area (Å²) >= 11 is 0. The first-order valence-corrected chi connectivity index (χ1v) is 6.03. The molecule has 1 aromatic carbocycles. The van der Waals surface area contributed by atoms with Gasteiger partial charge in [-0.1, -0.05) is 6.07 Å². The maximum Gasteiger partial charge on any atom is 0.0834 e. The Morgan fingerprint density at radius 1 is 1.25 bits per heavy atom. The third-order valence-corrected chi connectivity index (χ3v) is 3.16. The fourth-order valence-electron chi connectivity index (χ4n) is 2.16. The van der Waals surface area contributed by atoms with E-state index < -0.39 is 6.10 Å². The van der Waals surface area contributed by atoms with Gasteiger partial charge in [-0.3, -0.25) is 0 Å². The highest BCUT2D eigenvalue weighted by molar-refractivity contribution is 5.49. The van der Waals surface area contributed by atoms with Gasteiger partial charge in [0.25, 0.3) is 0 Å². The first kappa shape index (κ1) is 11.4. The zero-order valence-corrected chi connectivity index (χ0v) is 9.58. The minimum absolute atomic E-state index is 0.304. The molecule has 1 aliphatic rings. The Bertz CT molecular complexity index is 352. The van der Waals surface area contributed by atoms with Crippen LogP contribution in [0.25, 0.3) is 0 Å². The smallest absolute Gasteiger partial charge is 0.0834 e. The number of aryl methyl sites for hydroxylation is 2. The second-order valence-electron chi connectivity index (χ2n) is 4.46. The number of rotatable bonds is 4. The highest BCUT2D eigenvalue weighted by atomic mass is 16.3. The van der Waals surface area contributed by atoms with Crippen LogP contribution in [0.1, 0.15) is 24.0 Å². The molecule has 3 nitrogen and oxygen atoms in total. The van der Waals surface area contributed by atoms with Gasteiger partial charge in [0.2, 0.25) is 0 Å². The molecule has 2 rings (SSSR count). The van der Waals surface area contributed by atoms with Gasteiger partial charge in [-0.05, 0) is 48.9 Å². The van der Waals surface area contributed by atoms with Crippen LogP contribution in [-0.4, -0.2) is 24.3 Å². The van der Waals surface area contributed by atoms with E-state index in [9.17, 15) is 5.11 Å². The molecule has 0 bridgehead atoms. The second kappa shape index (κ2) is 5.32. The molecule has 0 amide bonds. The van der Waals surface area contributed by atoms with Crippen LogP contribution in [0.4, 0.5) is 5.69 Å². The lowest BCUT2D eigenvalue weighted by molar-refractivity contribution is 0.196. The molecular formula is C13H20N2O. The van der Waals surface area contributed by atoms with Crippen molar-refractivity contribution in [2.45, 2.75) is 31.8 Å². The van der Waals surface area contributed by atoms with Crippen LogP contribution < -0.4 is 11.1 Å². The number of fused-ring (bicyclic) bond motifs is 1. The van der Waals surface area contributed by atoms with E-state index in [1.165, 1.54) is 36.8 Å². The number of hydrogen-bond donors (Lipinski definition) is 3. The van der Waals surface area contributed by atoms with Crippen molar-refractivity contribution in [2.24, 2.45) is 5.73 Å². The molecule has 0 aromatic heterocycles. The van der Waals surface area contributed by atoms with Crippen molar-refractivity contribution in [3.63, 3.8) is 0 Å². The molecule has 0 fully saturated rings. The zero-order valence-electron chi connectivity index (χ0n) is 9.58. The first-order valence-electron chi connectivity index (χ1n) is 6.03. The third-order valence-electron chi connectivity index (χ3n) is 3.16. The number of nitrogens with two attached hydrogens (primary N) is 1. The van der Waals surface area contributed by atoms with E-state index in [4.69, 9.17) is 5.73 Å². The summed E-state index contributed by atoms with van der Waals surface area (Å²) in [5.74, 6) is 0. The normalized spacial score (nSPS) is 16.6.